The smallest absolute Gasteiger partial charge is 0.121 e. The van der Waals surface area contributed by atoms with Crippen LogP contribution in [-0.2, 0) is 4.74 Å². The highest BCUT2D eigenvalue weighted by atomic mass is 19.1. The van der Waals surface area contributed by atoms with Gasteiger partial charge in [0.15, 0.2) is 0 Å². The molecule has 0 bridgehead atoms. The lowest BCUT2D eigenvalue weighted by molar-refractivity contribution is 0.284. The maximum absolute atomic E-state index is 11.4. The predicted molar refractivity (Wildman–Crippen MR) is 51.7 cm³/mol. The lowest BCUT2D eigenvalue weighted by atomic mass is 10.2. The Labute approximate surface area is 77.2 Å². The molecule has 0 amide bonds. The molecule has 1 aromatic rings. The average Bonchev–Trinajstić information content (AvgIpc) is 2.19. The molecule has 0 saturated carbocycles. The lowest BCUT2D eigenvalue weighted by Gasteiger charge is -1.93. The largest absolute Gasteiger partial charge is 0.495 e. The van der Waals surface area contributed by atoms with E-state index in [1.807, 2.05) is 42.5 Å². The van der Waals surface area contributed by atoms with E-state index in [9.17, 15) is 4.39 Å². The fraction of sp³-hybridized carbons (Fsp3) is 0.0909. The van der Waals surface area contributed by atoms with Crippen LogP contribution in [0.15, 0.2) is 49.0 Å². The van der Waals surface area contributed by atoms with Gasteiger partial charge in [0.25, 0.3) is 0 Å². The van der Waals surface area contributed by atoms with Crippen molar-refractivity contribution in [3.05, 3.63) is 54.6 Å². The first-order chi connectivity index (χ1) is 6.43. The van der Waals surface area contributed by atoms with Crippen molar-refractivity contribution in [1.29, 1.82) is 0 Å². The van der Waals surface area contributed by atoms with Crippen LogP contribution in [0.5, 0.6) is 0 Å². The summed E-state index contributed by atoms with van der Waals surface area (Å²) >= 11 is 0. The summed E-state index contributed by atoms with van der Waals surface area (Å²) in [5, 5.41) is 0. The standard InChI is InChI=1S/C11H11FO/c12-8-10-13-9-4-7-11-5-2-1-3-6-11/h1-8,10H,9H2/b7-4+,10-8-. The lowest BCUT2D eigenvalue weighted by Crippen LogP contribution is -1.79. The predicted octanol–water partition coefficient (Wildman–Crippen LogP) is 3.16. The van der Waals surface area contributed by atoms with Crippen LogP contribution in [0.1, 0.15) is 5.56 Å². The minimum absolute atomic E-state index is 0.371. The molecule has 1 nitrogen and oxygen atoms in total. The van der Waals surface area contributed by atoms with Gasteiger partial charge in [-0.15, -0.1) is 0 Å². The molecule has 0 spiro atoms. The van der Waals surface area contributed by atoms with E-state index in [1.54, 1.807) is 0 Å². The molecule has 0 aromatic heterocycles. The molecule has 1 rings (SSSR count). The third kappa shape index (κ3) is 4.11. The summed E-state index contributed by atoms with van der Waals surface area (Å²) in [6, 6.07) is 9.85. The number of halogens is 1. The molecule has 0 N–H and O–H groups in total. The van der Waals surface area contributed by atoms with Crippen LogP contribution in [0, 0.1) is 0 Å². The van der Waals surface area contributed by atoms with Gasteiger partial charge in [0.05, 0.1) is 0 Å². The molecule has 0 fully saturated rings. The van der Waals surface area contributed by atoms with Crippen LogP contribution in [0.4, 0.5) is 4.39 Å². The van der Waals surface area contributed by atoms with Gasteiger partial charge in [0, 0.05) is 0 Å². The average molecular weight is 178 g/mol. The van der Waals surface area contributed by atoms with E-state index < -0.39 is 0 Å². The van der Waals surface area contributed by atoms with Crippen LogP contribution in [0.2, 0.25) is 0 Å². The van der Waals surface area contributed by atoms with Crippen LogP contribution < -0.4 is 0 Å². The maximum atomic E-state index is 11.4. The van der Waals surface area contributed by atoms with Gasteiger partial charge in [-0.05, 0) is 11.6 Å². The molecule has 0 aliphatic carbocycles. The molecule has 2 heteroatoms. The van der Waals surface area contributed by atoms with E-state index in [2.05, 4.69) is 0 Å². The van der Waals surface area contributed by atoms with Crippen LogP contribution >= 0.6 is 0 Å². The molecule has 0 radical (unpaired) electrons. The Morgan fingerprint density at radius 1 is 1.23 bits per heavy atom. The zero-order chi connectivity index (χ0) is 9.36. The highest BCUT2D eigenvalue weighted by molar-refractivity contribution is 5.48. The normalized spacial score (nSPS) is 11.2. The number of hydrogen-bond acceptors (Lipinski definition) is 1. The van der Waals surface area contributed by atoms with E-state index >= 15 is 0 Å². The molecular weight excluding hydrogens is 167 g/mol. The van der Waals surface area contributed by atoms with Gasteiger partial charge in [-0.1, -0.05) is 36.4 Å². The number of ether oxygens (including phenoxy) is 1. The molecule has 0 aliphatic heterocycles. The van der Waals surface area contributed by atoms with Crippen molar-refractivity contribution in [2.75, 3.05) is 6.61 Å². The van der Waals surface area contributed by atoms with Crippen molar-refractivity contribution in [2.24, 2.45) is 0 Å². The first kappa shape index (κ1) is 9.52. The van der Waals surface area contributed by atoms with Crippen LogP contribution in [0.3, 0.4) is 0 Å². The van der Waals surface area contributed by atoms with Crippen molar-refractivity contribution in [3.63, 3.8) is 0 Å². The molecule has 0 heterocycles. The molecule has 1 aromatic carbocycles. The van der Waals surface area contributed by atoms with Gasteiger partial charge in [-0.25, -0.2) is 4.39 Å². The minimum atomic E-state index is 0.371. The second-order valence-corrected chi connectivity index (χ2v) is 2.41. The third-order valence-electron chi connectivity index (χ3n) is 1.45. The molecule has 0 saturated heterocycles. The first-order valence-electron chi connectivity index (χ1n) is 4.02. The van der Waals surface area contributed by atoms with Crippen molar-refractivity contribution in [3.8, 4) is 0 Å². The highest BCUT2D eigenvalue weighted by Crippen LogP contribution is 2.00. The van der Waals surface area contributed by atoms with Crippen LogP contribution in [0.25, 0.3) is 6.08 Å². The van der Waals surface area contributed by atoms with E-state index in [1.165, 1.54) is 0 Å². The van der Waals surface area contributed by atoms with Gasteiger partial charge in [-0.2, -0.15) is 0 Å². The SMILES string of the molecule is F/C=C\OC/C=C/c1ccccc1. The van der Waals surface area contributed by atoms with Gasteiger partial charge in [-0.3, -0.25) is 0 Å². The molecular formula is C11H11FO. The van der Waals surface area contributed by atoms with Gasteiger partial charge < -0.3 is 4.74 Å². The van der Waals surface area contributed by atoms with Crippen molar-refractivity contribution < 1.29 is 9.13 Å². The van der Waals surface area contributed by atoms with Crippen molar-refractivity contribution >= 4 is 6.08 Å². The minimum Gasteiger partial charge on any atom is -0.495 e. The second kappa shape index (κ2) is 6.00. The topological polar surface area (TPSA) is 9.23 Å². The summed E-state index contributed by atoms with van der Waals surface area (Å²) in [5.74, 6) is 0. The Morgan fingerprint density at radius 2 is 2.00 bits per heavy atom. The Morgan fingerprint density at radius 3 is 2.69 bits per heavy atom. The van der Waals surface area contributed by atoms with E-state index in [4.69, 9.17) is 4.74 Å². The number of hydrogen-bond donors (Lipinski definition) is 0. The molecule has 0 aliphatic rings. The third-order valence-corrected chi connectivity index (χ3v) is 1.45. The Hall–Kier alpha value is -1.57. The maximum Gasteiger partial charge on any atom is 0.121 e. The Bertz CT molecular complexity index is 277. The summed E-state index contributed by atoms with van der Waals surface area (Å²) < 4.78 is 16.2. The Balaban J connectivity index is 2.32. The molecule has 68 valence electrons. The quantitative estimate of drug-likeness (QED) is 0.508. The zero-order valence-corrected chi connectivity index (χ0v) is 7.19. The van der Waals surface area contributed by atoms with E-state index in [0.29, 0.717) is 12.9 Å². The monoisotopic (exact) mass is 178 g/mol. The highest BCUT2D eigenvalue weighted by Gasteiger charge is 1.81. The van der Waals surface area contributed by atoms with Gasteiger partial charge >= 0.3 is 0 Å². The molecule has 13 heavy (non-hydrogen) atoms. The fourth-order valence-corrected chi connectivity index (χ4v) is 0.896. The van der Waals surface area contributed by atoms with Crippen LogP contribution in [-0.4, -0.2) is 6.61 Å². The number of benzene rings is 1. The fourth-order valence-electron chi connectivity index (χ4n) is 0.896. The molecule has 0 atom stereocenters. The van der Waals surface area contributed by atoms with Gasteiger partial charge in [0.1, 0.15) is 19.2 Å². The molecule has 0 unspecified atom stereocenters. The summed E-state index contributed by atoms with van der Waals surface area (Å²) in [6.45, 7) is 0.384. The summed E-state index contributed by atoms with van der Waals surface area (Å²) in [7, 11) is 0. The van der Waals surface area contributed by atoms with E-state index in [-0.39, 0.29) is 0 Å². The van der Waals surface area contributed by atoms with E-state index in [0.717, 1.165) is 11.8 Å². The summed E-state index contributed by atoms with van der Waals surface area (Å²) in [5.41, 5.74) is 1.11. The zero-order valence-electron chi connectivity index (χ0n) is 7.19. The first-order valence-corrected chi connectivity index (χ1v) is 4.02. The van der Waals surface area contributed by atoms with Crippen molar-refractivity contribution in [1.82, 2.24) is 0 Å². The van der Waals surface area contributed by atoms with Crippen molar-refractivity contribution in [2.45, 2.75) is 0 Å². The summed E-state index contributed by atoms with van der Waals surface area (Å²) in [6.07, 6.45) is 5.15. The second-order valence-electron chi connectivity index (χ2n) is 2.41. The van der Waals surface area contributed by atoms with Gasteiger partial charge in [0.2, 0.25) is 0 Å². The summed E-state index contributed by atoms with van der Waals surface area (Å²) in [4.78, 5) is 0. The number of rotatable bonds is 4. The Kier molecular flexibility index (Phi) is 4.39.